The number of amides is 1. The maximum Gasteiger partial charge on any atom is 0.253 e. The summed E-state index contributed by atoms with van der Waals surface area (Å²) >= 11 is 0. The average Bonchev–Trinajstić information content (AvgIpc) is 2.69. The fourth-order valence-corrected chi connectivity index (χ4v) is 3.15. The Labute approximate surface area is 152 Å². The molecular formula is C19H23N3O4. The van der Waals surface area contributed by atoms with Crippen LogP contribution in [-0.2, 0) is 0 Å². The smallest absolute Gasteiger partial charge is 0.253 e. The number of aromatic nitrogens is 2. The number of para-hydroxylation sites is 1. The first kappa shape index (κ1) is 18.0. The van der Waals surface area contributed by atoms with Gasteiger partial charge in [0, 0.05) is 6.04 Å². The number of rotatable bonds is 6. The van der Waals surface area contributed by atoms with Crippen molar-refractivity contribution in [3.63, 3.8) is 0 Å². The van der Waals surface area contributed by atoms with Gasteiger partial charge in [-0.2, -0.15) is 10.2 Å². The molecule has 1 N–H and O–H groups in total. The minimum absolute atomic E-state index is 0.0896. The molecule has 1 heterocycles. The van der Waals surface area contributed by atoms with Crippen molar-refractivity contribution in [2.24, 2.45) is 0 Å². The van der Waals surface area contributed by atoms with Gasteiger partial charge in [-0.3, -0.25) is 4.79 Å². The number of methoxy groups -OCH3 is 2. The lowest BCUT2D eigenvalue weighted by Crippen LogP contribution is -2.39. The molecule has 3 rings (SSSR count). The normalized spacial score (nSPS) is 19.5. The van der Waals surface area contributed by atoms with E-state index in [9.17, 15) is 4.79 Å². The zero-order chi connectivity index (χ0) is 18.4. The van der Waals surface area contributed by atoms with Gasteiger partial charge >= 0.3 is 0 Å². The molecule has 1 aromatic carbocycles. The number of carbonyl (C=O) groups excluding carboxylic acids is 1. The third-order valence-corrected chi connectivity index (χ3v) is 4.52. The highest BCUT2D eigenvalue weighted by atomic mass is 16.5. The predicted octanol–water partition coefficient (Wildman–Crippen LogP) is 2.61. The largest absolute Gasteiger partial charge is 0.493 e. The molecule has 0 saturated heterocycles. The van der Waals surface area contributed by atoms with E-state index in [0.29, 0.717) is 22.8 Å². The van der Waals surface area contributed by atoms with Gasteiger partial charge in [0.05, 0.1) is 38.3 Å². The molecule has 26 heavy (non-hydrogen) atoms. The second kappa shape index (κ2) is 8.51. The Hall–Kier alpha value is -2.83. The fourth-order valence-electron chi connectivity index (χ4n) is 3.15. The van der Waals surface area contributed by atoms with Crippen LogP contribution in [0.15, 0.2) is 36.7 Å². The first-order valence-corrected chi connectivity index (χ1v) is 8.66. The van der Waals surface area contributed by atoms with Gasteiger partial charge in [0.15, 0.2) is 11.5 Å². The number of benzene rings is 1. The van der Waals surface area contributed by atoms with Crippen LogP contribution in [0.1, 0.15) is 36.0 Å². The van der Waals surface area contributed by atoms with Crippen LogP contribution in [0.2, 0.25) is 0 Å². The molecule has 0 atom stereocenters. The summed E-state index contributed by atoms with van der Waals surface area (Å²) in [7, 11) is 3.21. The van der Waals surface area contributed by atoms with E-state index in [0.717, 1.165) is 25.7 Å². The zero-order valence-electron chi connectivity index (χ0n) is 15.0. The molecule has 0 unspecified atom stereocenters. The quantitative estimate of drug-likeness (QED) is 0.856. The topological polar surface area (TPSA) is 82.6 Å². The van der Waals surface area contributed by atoms with Crippen molar-refractivity contribution >= 4 is 5.91 Å². The molecule has 1 amide bonds. The molecule has 7 nitrogen and oxygen atoms in total. The molecule has 1 saturated carbocycles. The molecule has 1 aromatic heterocycles. The van der Waals surface area contributed by atoms with E-state index in [-0.39, 0.29) is 18.1 Å². The lowest BCUT2D eigenvalue weighted by atomic mass is 9.92. The van der Waals surface area contributed by atoms with E-state index >= 15 is 0 Å². The first-order chi connectivity index (χ1) is 12.7. The van der Waals surface area contributed by atoms with Crippen molar-refractivity contribution in [3.05, 3.63) is 42.2 Å². The minimum Gasteiger partial charge on any atom is -0.493 e. The Morgan fingerprint density at radius 3 is 2.46 bits per heavy atom. The highest BCUT2D eigenvalue weighted by Crippen LogP contribution is 2.38. The summed E-state index contributed by atoms with van der Waals surface area (Å²) in [6.45, 7) is 0. The summed E-state index contributed by atoms with van der Waals surface area (Å²) in [4.78, 5) is 12.2. The van der Waals surface area contributed by atoms with Crippen LogP contribution in [-0.4, -0.2) is 42.5 Å². The van der Waals surface area contributed by atoms with Crippen LogP contribution in [0.3, 0.4) is 0 Å². The number of hydrogen-bond donors (Lipinski definition) is 1. The molecular weight excluding hydrogens is 334 g/mol. The molecule has 1 fully saturated rings. The number of nitrogens with zero attached hydrogens (tertiary/aromatic N) is 2. The van der Waals surface area contributed by atoms with Gasteiger partial charge in [-0.1, -0.05) is 6.07 Å². The van der Waals surface area contributed by atoms with Crippen molar-refractivity contribution in [1.82, 2.24) is 15.5 Å². The molecule has 7 heteroatoms. The zero-order valence-corrected chi connectivity index (χ0v) is 15.0. The van der Waals surface area contributed by atoms with Gasteiger partial charge in [-0.25, -0.2) is 0 Å². The van der Waals surface area contributed by atoms with E-state index in [1.807, 2.05) is 18.2 Å². The summed E-state index contributed by atoms with van der Waals surface area (Å²) in [6.07, 6.45) is 6.52. The molecule has 138 valence electrons. The van der Waals surface area contributed by atoms with E-state index in [2.05, 4.69) is 15.5 Å². The summed E-state index contributed by atoms with van der Waals surface area (Å²) < 4.78 is 16.8. The lowest BCUT2D eigenvalue weighted by molar-refractivity contribution is 0.0890. The SMILES string of the molecule is COc1cccc(OC2CCC(NC(=O)c3ccnnc3)CC2)c1OC. The van der Waals surface area contributed by atoms with E-state index in [1.165, 1.54) is 12.4 Å². The Morgan fingerprint density at radius 1 is 1.04 bits per heavy atom. The van der Waals surface area contributed by atoms with Crippen LogP contribution in [0.4, 0.5) is 0 Å². The van der Waals surface area contributed by atoms with Crippen molar-refractivity contribution in [1.29, 1.82) is 0 Å². The van der Waals surface area contributed by atoms with Crippen LogP contribution >= 0.6 is 0 Å². The number of carbonyl (C=O) groups is 1. The van der Waals surface area contributed by atoms with E-state index in [1.54, 1.807) is 20.3 Å². The van der Waals surface area contributed by atoms with Crippen LogP contribution < -0.4 is 19.5 Å². The van der Waals surface area contributed by atoms with Gasteiger partial charge in [0.25, 0.3) is 5.91 Å². The Kier molecular flexibility index (Phi) is 5.88. The number of nitrogens with one attached hydrogen (secondary N) is 1. The molecule has 2 aromatic rings. The predicted molar refractivity (Wildman–Crippen MR) is 95.7 cm³/mol. The highest BCUT2D eigenvalue weighted by Gasteiger charge is 2.25. The average molecular weight is 357 g/mol. The van der Waals surface area contributed by atoms with Crippen LogP contribution in [0, 0.1) is 0 Å². The molecule has 0 bridgehead atoms. The molecule has 0 spiro atoms. The lowest BCUT2D eigenvalue weighted by Gasteiger charge is -2.30. The first-order valence-electron chi connectivity index (χ1n) is 8.66. The van der Waals surface area contributed by atoms with Gasteiger partial charge in [-0.05, 0) is 43.9 Å². The Bertz CT molecular complexity index is 731. The van der Waals surface area contributed by atoms with Crippen molar-refractivity contribution in [2.45, 2.75) is 37.8 Å². The van der Waals surface area contributed by atoms with Crippen molar-refractivity contribution in [2.75, 3.05) is 14.2 Å². The van der Waals surface area contributed by atoms with Crippen LogP contribution in [0.25, 0.3) is 0 Å². The molecule has 1 aliphatic carbocycles. The third kappa shape index (κ3) is 4.22. The maximum absolute atomic E-state index is 12.2. The van der Waals surface area contributed by atoms with Crippen LogP contribution in [0.5, 0.6) is 17.2 Å². The highest BCUT2D eigenvalue weighted by molar-refractivity contribution is 5.93. The minimum atomic E-state index is -0.112. The van der Waals surface area contributed by atoms with Crippen molar-refractivity contribution in [3.8, 4) is 17.2 Å². The van der Waals surface area contributed by atoms with Gasteiger partial charge in [0.1, 0.15) is 0 Å². The third-order valence-electron chi connectivity index (χ3n) is 4.52. The maximum atomic E-state index is 12.2. The second-order valence-corrected chi connectivity index (χ2v) is 6.19. The summed E-state index contributed by atoms with van der Waals surface area (Å²) in [6, 6.07) is 7.40. The van der Waals surface area contributed by atoms with Gasteiger partial charge in [-0.15, -0.1) is 0 Å². The Balaban J connectivity index is 1.54. The second-order valence-electron chi connectivity index (χ2n) is 6.19. The van der Waals surface area contributed by atoms with Gasteiger partial charge in [0.2, 0.25) is 5.75 Å². The van der Waals surface area contributed by atoms with Crippen molar-refractivity contribution < 1.29 is 19.0 Å². The number of ether oxygens (including phenoxy) is 3. The molecule has 0 radical (unpaired) electrons. The Morgan fingerprint density at radius 2 is 1.81 bits per heavy atom. The standard InChI is InChI=1S/C19H23N3O4/c1-24-16-4-3-5-17(18(16)25-2)26-15-8-6-14(7-9-15)22-19(23)13-10-11-20-21-12-13/h3-5,10-12,14-15H,6-9H2,1-2H3,(H,22,23). The molecule has 0 aliphatic heterocycles. The summed E-state index contributed by atoms with van der Waals surface area (Å²) in [5.74, 6) is 1.83. The van der Waals surface area contributed by atoms with E-state index in [4.69, 9.17) is 14.2 Å². The van der Waals surface area contributed by atoms with E-state index < -0.39 is 0 Å². The summed E-state index contributed by atoms with van der Waals surface area (Å²) in [5, 5.41) is 10.5. The van der Waals surface area contributed by atoms with Gasteiger partial charge < -0.3 is 19.5 Å². The monoisotopic (exact) mass is 357 g/mol. The number of hydrogen-bond acceptors (Lipinski definition) is 6. The molecule has 1 aliphatic rings. The fraction of sp³-hybridized carbons (Fsp3) is 0.421. The summed E-state index contributed by atoms with van der Waals surface area (Å²) in [5.41, 5.74) is 0.527.